The maximum atomic E-state index is 10.5. The second kappa shape index (κ2) is 7.30. The molecule has 0 aliphatic heterocycles. The van der Waals surface area contributed by atoms with Crippen molar-refractivity contribution < 1.29 is 9.53 Å². The molecule has 1 rings (SSSR count). The van der Waals surface area contributed by atoms with Crippen molar-refractivity contribution in [3.05, 3.63) is 29.3 Å². The summed E-state index contributed by atoms with van der Waals surface area (Å²) in [4.78, 5) is 10.5. The summed E-state index contributed by atoms with van der Waals surface area (Å²) in [6.45, 7) is 1.39. The van der Waals surface area contributed by atoms with E-state index in [-0.39, 0.29) is 5.91 Å². The molecule has 0 bridgehead atoms. The van der Waals surface area contributed by atoms with Gasteiger partial charge in [-0.15, -0.1) is 0 Å². The number of nitrogens with two attached hydrogens (primary N) is 1. The van der Waals surface area contributed by atoms with E-state index < -0.39 is 0 Å². The van der Waals surface area contributed by atoms with Crippen LogP contribution in [0.4, 0.5) is 0 Å². The molecular weight excluding hydrogens is 230 g/mol. The second-order valence-electron chi connectivity index (χ2n) is 3.89. The lowest BCUT2D eigenvalue weighted by molar-refractivity contribution is -0.118. The fourth-order valence-electron chi connectivity index (χ4n) is 1.56. The number of amides is 1. The Hall–Kier alpha value is -2.06. The highest BCUT2D eigenvalue weighted by Gasteiger charge is 2.03. The minimum Gasteiger partial charge on any atom is -0.495 e. The largest absolute Gasteiger partial charge is 0.495 e. The molecular formula is C13H17N3O2. The van der Waals surface area contributed by atoms with Crippen molar-refractivity contribution in [1.82, 2.24) is 5.32 Å². The number of rotatable bonds is 7. The molecule has 3 N–H and O–H groups in total. The quantitative estimate of drug-likeness (QED) is 0.701. The molecule has 0 atom stereocenters. The monoisotopic (exact) mass is 247 g/mol. The van der Waals surface area contributed by atoms with Gasteiger partial charge in [0.1, 0.15) is 11.8 Å². The molecule has 1 amide bonds. The molecule has 1 aromatic carbocycles. The molecule has 5 nitrogen and oxygen atoms in total. The summed E-state index contributed by atoms with van der Waals surface area (Å²) in [5.74, 6) is 0.297. The lowest BCUT2D eigenvalue weighted by Crippen LogP contribution is -2.18. The lowest BCUT2D eigenvalue weighted by atomic mass is 10.1. The minimum atomic E-state index is -0.281. The van der Waals surface area contributed by atoms with Gasteiger partial charge >= 0.3 is 0 Å². The number of methoxy groups -OCH3 is 1. The van der Waals surface area contributed by atoms with E-state index in [4.69, 9.17) is 15.7 Å². The highest BCUT2D eigenvalue weighted by atomic mass is 16.5. The maximum Gasteiger partial charge on any atom is 0.217 e. The van der Waals surface area contributed by atoms with Crippen molar-refractivity contribution >= 4 is 5.91 Å². The molecule has 0 spiro atoms. The number of nitrogens with zero attached hydrogens (tertiary/aromatic N) is 1. The Morgan fingerprint density at radius 3 is 2.94 bits per heavy atom. The van der Waals surface area contributed by atoms with Crippen molar-refractivity contribution in [3.8, 4) is 11.8 Å². The number of hydrogen-bond donors (Lipinski definition) is 2. The average Bonchev–Trinajstić information content (AvgIpc) is 2.37. The van der Waals surface area contributed by atoms with Crippen LogP contribution < -0.4 is 15.8 Å². The zero-order valence-electron chi connectivity index (χ0n) is 10.4. The van der Waals surface area contributed by atoms with E-state index in [9.17, 15) is 4.79 Å². The first-order valence-electron chi connectivity index (χ1n) is 5.73. The average molecular weight is 247 g/mol. The molecule has 0 radical (unpaired) electrons. The highest BCUT2D eigenvalue weighted by molar-refractivity contribution is 5.73. The van der Waals surface area contributed by atoms with Gasteiger partial charge in [-0.1, -0.05) is 6.07 Å². The third kappa shape index (κ3) is 4.44. The smallest absolute Gasteiger partial charge is 0.217 e. The number of ether oxygens (including phenoxy) is 1. The van der Waals surface area contributed by atoms with Gasteiger partial charge in [-0.05, 0) is 30.7 Å². The summed E-state index contributed by atoms with van der Waals surface area (Å²) in [6, 6.07) is 7.51. The van der Waals surface area contributed by atoms with Crippen LogP contribution in [0.3, 0.4) is 0 Å². The van der Waals surface area contributed by atoms with E-state index in [1.807, 2.05) is 12.1 Å². The maximum absolute atomic E-state index is 10.5. The first-order chi connectivity index (χ1) is 8.67. The van der Waals surface area contributed by atoms with Gasteiger partial charge in [-0.3, -0.25) is 4.79 Å². The number of primary amides is 1. The summed E-state index contributed by atoms with van der Waals surface area (Å²) >= 11 is 0. The van der Waals surface area contributed by atoms with Crippen LogP contribution in [0.5, 0.6) is 5.75 Å². The van der Waals surface area contributed by atoms with Crippen molar-refractivity contribution in [2.24, 2.45) is 5.73 Å². The van der Waals surface area contributed by atoms with Crippen molar-refractivity contribution in [2.45, 2.75) is 19.4 Å². The fraction of sp³-hybridized carbons (Fsp3) is 0.385. The number of benzene rings is 1. The van der Waals surface area contributed by atoms with E-state index in [0.717, 1.165) is 18.5 Å². The molecule has 96 valence electrons. The van der Waals surface area contributed by atoms with Crippen LogP contribution in [0.2, 0.25) is 0 Å². The van der Waals surface area contributed by atoms with Gasteiger partial charge in [0.05, 0.1) is 12.7 Å². The first-order valence-corrected chi connectivity index (χ1v) is 5.73. The van der Waals surface area contributed by atoms with Crippen LogP contribution in [-0.2, 0) is 11.3 Å². The van der Waals surface area contributed by atoms with Gasteiger partial charge in [0.2, 0.25) is 5.91 Å². The van der Waals surface area contributed by atoms with Crippen molar-refractivity contribution in [3.63, 3.8) is 0 Å². The van der Waals surface area contributed by atoms with Crippen LogP contribution in [0.25, 0.3) is 0 Å². The fourth-order valence-corrected chi connectivity index (χ4v) is 1.56. The second-order valence-corrected chi connectivity index (χ2v) is 3.89. The van der Waals surface area contributed by atoms with Gasteiger partial charge in [-0.25, -0.2) is 0 Å². The summed E-state index contributed by atoms with van der Waals surface area (Å²) in [6.07, 6.45) is 1.12. The Labute approximate surface area is 107 Å². The number of nitrogens with one attached hydrogen (secondary N) is 1. The Balaban J connectivity index is 2.43. The molecule has 0 heterocycles. The minimum absolute atomic E-state index is 0.281. The molecule has 5 heteroatoms. The normalized spacial score (nSPS) is 9.78. The first kappa shape index (κ1) is 14.0. The molecule has 0 aliphatic carbocycles. The molecule has 0 saturated carbocycles. The molecule has 0 unspecified atom stereocenters. The molecule has 0 aliphatic rings. The third-order valence-corrected chi connectivity index (χ3v) is 2.49. The van der Waals surface area contributed by atoms with Crippen LogP contribution >= 0.6 is 0 Å². The standard InChI is InChI=1S/C13H17N3O2/c1-18-12-7-10(4-5-11(12)8-14)9-16-6-2-3-13(15)17/h4-5,7,16H,2-3,6,9H2,1H3,(H2,15,17). The van der Waals surface area contributed by atoms with Gasteiger partial charge < -0.3 is 15.8 Å². The van der Waals surface area contributed by atoms with Gasteiger partial charge in [0, 0.05) is 13.0 Å². The topological polar surface area (TPSA) is 88.1 Å². The molecule has 0 aromatic heterocycles. The van der Waals surface area contributed by atoms with E-state index in [0.29, 0.717) is 24.3 Å². The summed E-state index contributed by atoms with van der Waals surface area (Å²) < 4.78 is 5.12. The molecule has 1 aromatic rings. The van der Waals surface area contributed by atoms with Gasteiger partial charge in [0.15, 0.2) is 0 Å². The van der Waals surface area contributed by atoms with Crippen molar-refractivity contribution in [1.29, 1.82) is 5.26 Å². The Morgan fingerprint density at radius 1 is 1.56 bits per heavy atom. The van der Waals surface area contributed by atoms with Crippen LogP contribution in [0.15, 0.2) is 18.2 Å². The SMILES string of the molecule is COc1cc(CNCCCC(N)=O)ccc1C#N. The van der Waals surface area contributed by atoms with Gasteiger partial charge in [-0.2, -0.15) is 5.26 Å². The number of carbonyl (C=O) groups excluding carboxylic acids is 1. The third-order valence-electron chi connectivity index (χ3n) is 2.49. The zero-order valence-corrected chi connectivity index (χ0v) is 10.4. The molecule has 0 saturated heterocycles. The van der Waals surface area contributed by atoms with E-state index in [1.54, 1.807) is 13.2 Å². The van der Waals surface area contributed by atoms with Crippen LogP contribution in [0, 0.1) is 11.3 Å². The Kier molecular flexibility index (Phi) is 5.68. The Bertz CT molecular complexity index is 452. The van der Waals surface area contributed by atoms with E-state index >= 15 is 0 Å². The number of nitriles is 1. The summed E-state index contributed by atoms with van der Waals surface area (Å²) in [7, 11) is 1.54. The highest BCUT2D eigenvalue weighted by Crippen LogP contribution is 2.18. The van der Waals surface area contributed by atoms with Crippen molar-refractivity contribution in [2.75, 3.05) is 13.7 Å². The Morgan fingerprint density at radius 2 is 2.33 bits per heavy atom. The van der Waals surface area contributed by atoms with Gasteiger partial charge in [0.25, 0.3) is 0 Å². The van der Waals surface area contributed by atoms with Crippen LogP contribution in [0.1, 0.15) is 24.0 Å². The molecule has 18 heavy (non-hydrogen) atoms. The molecule has 0 fully saturated rings. The predicted molar refractivity (Wildman–Crippen MR) is 67.8 cm³/mol. The lowest BCUT2D eigenvalue weighted by Gasteiger charge is -2.07. The zero-order chi connectivity index (χ0) is 13.4. The van der Waals surface area contributed by atoms with E-state index in [1.165, 1.54) is 0 Å². The predicted octanol–water partition coefficient (Wildman–Crippen LogP) is 0.922. The van der Waals surface area contributed by atoms with E-state index in [2.05, 4.69) is 11.4 Å². The number of hydrogen-bond acceptors (Lipinski definition) is 4. The summed E-state index contributed by atoms with van der Waals surface area (Å²) in [5.41, 5.74) is 6.60. The summed E-state index contributed by atoms with van der Waals surface area (Å²) in [5, 5.41) is 12.0. The van der Waals surface area contributed by atoms with Crippen LogP contribution in [-0.4, -0.2) is 19.6 Å². The number of carbonyl (C=O) groups is 1.